The second-order valence-electron chi connectivity index (χ2n) is 7.47. The predicted octanol–water partition coefficient (Wildman–Crippen LogP) is 1.56. The summed E-state index contributed by atoms with van der Waals surface area (Å²) in [6.45, 7) is 0.798. The minimum absolute atomic E-state index is 0.00944. The summed E-state index contributed by atoms with van der Waals surface area (Å²) in [5.41, 5.74) is 0.133. The number of carboxylic acids is 1. The number of sulfonamides is 1. The molecule has 0 unspecified atom stereocenters. The molecular formula is C20H24N2O8S2. The number of nitrogens with one attached hydrogen (secondary N) is 1. The summed E-state index contributed by atoms with van der Waals surface area (Å²) in [5, 5.41) is 19.3. The van der Waals surface area contributed by atoms with E-state index in [9.17, 15) is 31.8 Å². The molecule has 0 aliphatic carbocycles. The molecule has 1 aliphatic rings. The van der Waals surface area contributed by atoms with Crippen LogP contribution in [0.4, 0.5) is 11.4 Å². The van der Waals surface area contributed by atoms with Gasteiger partial charge in [0.05, 0.1) is 35.0 Å². The Bertz CT molecular complexity index is 1240. The quantitative estimate of drug-likeness (QED) is 0.532. The smallest absolute Gasteiger partial charge is 0.335 e. The van der Waals surface area contributed by atoms with Crippen LogP contribution in [-0.4, -0.2) is 65.6 Å². The Morgan fingerprint density at radius 2 is 1.88 bits per heavy atom. The first-order valence-electron chi connectivity index (χ1n) is 9.63. The number of nitrogens with zero attached hydrogens (tertiary/aromatic N) is 1. The number of β-amino-alcohol motifs (C(OH)–C–C–N with tert-alkyl or cyclic N) is 1. The lowest BCUT2D eigenvalue weighted by atomic mass is 10.1. The molecule has 0 bridgehead atoms. The van der Waals surface area contributed by atoms with E-state index in [0.29, 0.717) is 25.1 Å². The summed E-state index contributed by atoms with van der Waals surface area (Å²) < 4.78 is 58.0. The molecule has 32 heavy (non-hydrogen) atoms. The molecule has 0 aromatic heterocycles. The maximum absolute atomic E-state index is 13.2. The number of methoxy groups -OCH3 is 1. The third-order valence-corrected chi connectivity index (χ3v) is 7.57. The van der Waals surface area contributed by atoms with Gasteiger partial charge in [-0.15, -0.1) is 0 Å². The molecule has 2 aromatic carbocycles. The second-order valence-corrected chi connectivity index (χ2v) is 11.1. The van der Waals surface area contributed by atoms with Crippen LogP contribution in [0.3, 0.4) is 0 Å². The molecule has 1 saturated heterocycles. The van der Waals surface area contributed by atoms with Crippen LogP contribution >= 0.6 is 0 Å². The minimum atomic E-state index is -4.37. The number of aliphatic hydroxyl groups is 1. The van der Waals surface area contributed by atoms with Gasteiger partial charge in [0, 0.05) is 19.3 Å². The van der Waals surface area contributed by atoms with E-state index in [-0.39, 0.29) is 28.4 Å². The van der Waals surface area contributed by atoms with Crippen molar-refractivity contribution in [2.75, 3.05) is 36.1 Å². The summed E-state index contributed by atoms with van der Waals surface area (Å²) in [6.07, 6.45) is 1.69. The zero-order chi connectivity index (χ0) is 23.7. The maximum Gasteiger partial charge on any atom is 0.335 e. The number of aromatic carboxylic acids is 1. The number of benzene rings is 2. The van der Waals surface area contributed by atoms with Gasteiger partial charge >= 0.3 is 5.97 Å². The number of hydrogen-bond donors (Lipinski definition) is 3. The standard InChI is InChI=1S/C20H24N2O8S2/c1-30-18-8-5-13(20(24)25)10-19(18)32(28,29)21-16-11-15(31(2,26)27)6-7-17(16)22-9-3-4-14(23)12-22/h5-8,10-11,14,21,23H,3-4,9,12H2,1-2H3,(H,24,25)/t14-/m0/s1. The van der Waals surface area contributed by atoms with E-state index in [1.165, 1.54) is 37.4 Å². The van der Waals surface area contributed by atoms with Crippen molar-refractivity contribution in [1.29, 1.82) is 0 Å². The number of carbonyl (C=O) groups is 1. The minimum Gasteiger partial charge on any atom is -0.495 e. The Hall–Kier alpha value is -2.83. The molecule has 10 nitrogen and oxygen atoms in total. The number of sulfone groups is 1. The lowest BCUT2D eigenvalue weighted by molar-refractivity contribution is 0.0696. The first-order valence-corrected chi connectivity index (χ1v) is 13.0. The van der Waals surface area contributed by atoms with Crippen molar-refractivity contribution < 1.29 is 36.6 Å². The molecule has 2 aromatic rings. The molecule has 0 radical (unpaired) electrons. The average molecular weight is 485 g/mol. The van der Waals surface area contributed by atoms with E-state index in [0.717, 1.165) is 12.3 Å². The number of piperidine rings is 1. The topological polar surface area (TPSA) is 150 Å². The molecule has 174 valence electrons. The molecule has 3 rings (SSSR count). The molecule has 0 amide bonds. The Labute approximate surface area is 186 Å². The summed E-state index contributed by atoms with van der Waals surface area (Å²) in [7, 11) is -6.76. The molecular weight excluding hydrogens is 460 g/mol. The van der Waals surface area contributed by atoms with Crippen molar-refractivity contribution in [2.24, 2.45) is 0 Å². The predicted molar refractivity (Wildman–Crippen MR) is 118 cm³/mol. The third-order valence-electron chi connectivity index (χ3n) is 5.08. The van der Waals surface area contributed by atoms with Crippen LogP contribution in [0.15, 0.2) is 46.2 Å². The number of anilines is 2. The highest BCUT2D eigenvalue weighted by Gasteiger charge is 2.26. The number of aliphatic hydroxyl groups excluding tert-OH is 1. The highest BCUT2D eigenvalue weighted by atomic mass is 32.2. The van der Waals surface area contributed by atoms with Gasteiger partial charge in [-0.1, -0.05) is 0 Å². The fraction of sp³-hybridized carbons (Fsp3) is 0.350. The van der Waals surface area contributed by atoms with E-state index < -0.39 is 36.8 Å². The van der Waals surface area contributed by atoms with Gasteiger partial charge < -0.3 is 19.8 Å². The third kappa shape index (κ3) is 5.14. The van der Waals surface area contributed by atoms with Crippen molar-refractivity contribution in [3.63, 3.8) is 0 Å². The highest BCUT2D eigenvalue weighted by molar-refractivity contribution is 7.93. The number of rotatable bonds is 7. The van der Waals surface area contributed by atoms with E-state index >= 15 is 0 Å². The van der Waals surface area contributed by atoms with Gasteiger partial charge in [-0.2, -0.15) is 0 Å². The van der Waals surface area contributed by atoms with E-state index in [1.54, 1.807) is 4.90 Å². The highest BCUT2D eigenvalue weighted by Crippen LogP contribution is 2.34. The Morgan fingerprint density at radius 3 is 2.47 bits per heavy atom. The zero-order valence-electron chi connectivity index (χ0n) is 17.5. The number of hydrogen-bond acceptors (Lipinski definition) is 8. The van der Waals surface area contributed by atoms with Gasteiger partial charge in [-0.05, 0) is 49.2 Å². The summed E-state index contributed by atoms with van der Waals surface area (Å²) in [4.78, 5) is 12.6. The van der Waals surface area contributed by atoms with Crippen LogP contribution < -0.4 is 14.4 Å². The monoisotopic (exact) mass is 484 g/mol. The van der Waals surface area contributed by atoms with Crippen LogP contribution in [0.2, 0.25) is 0 Å². The van der Waals surface area contributed by atoms with Gasteiger partial charge in [-0.25, -0.2) is 21.6 Å². The van der Waals surface area contributed by atoms with Crippen LogP contribution in [0.25, 0.3) is 0 Å². The van der Waals surface area contributed by atoms with Gasteiger partial charge in [-0.3, -0.25) is 4.72 Å². The summed E-state index contributed by atoms with van der Waals surface area (Å²) >= 11 is 0. The largest absolute Gasteiger partial charge is 0.495 e. The first-order chi connectivity index (χ1) is 14.9. The number of ether oxygens (including phenoxy) is 1. The van der Waals surface area contributed by atoms with Crippen molar-refractivity contribution in [3.05, 3.63) is 42.0 Å². The van der Waals surface area contributed by atoms with E-state index in [2.05, 4.69) is 4.72 Å². The number of carboxylic acid groups (broad SMARTS) is 1. The van der Waals surface area contributed by atoms with Gasteiger partial charge in [0.25, 0.3) is 10.0 Å². The fourth-order valence-electron chi connectivity index (χ4n) is 3.50. The molecule has 1 fully saturated rings. The SMILES string of the molecule is COc1ccc(C(=O)O)cc1S(=O)(=O)Nc1cc(S(C)(=O)=O)ccc1N1CCC[C@H](O)C1. The molecule has 1 atom stereocenters. The lowest BCUT2D eigenvalue weighted by Gasteiger charge is -2.33. The van der Waals surface area contributed by atoms with Crippen LogP contribution in [-0.2, 0) is 19.9 Å². The Morgan fingerprint density at radius 1 is 1.16 bits per heavy atom. The van der Waals surface area contributed by atoms with Gasteiger partial charge in [0.2, 0.25) is 0 Å². The lowest BCUT2D eigenvalue weighted by Crippen LogP contribution is -2.38. The normalized spacial score (nSPS) is 17.1. The first kappa shape index (κ1) is 23.8. The van der Waals surface area contributed by atoms with Crippen LogP contribution in [0.1, 0.15) is 23.2 Å². The van der Waals surface area contributed by atoms with Crippen LogP contribution in [0.5, 0.6) is 5.75 Å². The van der Waals surface area contributed by atoms with Crippen molar-refractivity contribution in [2.45, 2.75) is 28.7 Å². The molecule has 0 saturated carbocycles. The zero-order valence-corrected chi connectivity index (χ0v) is 19.1. The van der Waals surface area contributed by atoms with E-state index in [4.69, 9.17) is 4.74 Å². The van der Waals surface area contributed by atoms with Crippen molar-refractivity contribution in [3.8, 4) is 5.75 Å². The second kappa shape index (κ2) is 8.96. The average Bonchev–Trinajstić information content (AvgIpc) is 2.72. The van der Waals surface area contributed by atoms with Crippen molar-refractivity contribution in [1.82, 2.24) is 0 Å². The Kier molecular flexibility index (Phi) is 6.67. The van der Waals surface area contributed by atoms with Gasteiger partial charge in [0.15, 0.2) is 9.84 Å². The summed E-state index contributed by atoms with van der Waals surface area (Å²) in [6, 6.07) is 7.47. The molecule has 1 heterocycles. The molecule has 12 heteroatoms. The maximum atomic E-state index is 13.2. The van der Waals surface area contributed by atoms with Crippen molar-refractivity contribution >= 4 is 37.2 Å². The van der Waals surface area contributed by atoms with Crippen LogP contribution in [0, 0.1) is 0 Å². The Balaban J connectivity index is 2.12. The molecule has 1 aliphatic heterocycles. The molecule has 3 N–H and O–H groups in total. The molecule has 0 spiro atoms. The summed E-state index contributed by atoms with van der Waals surface area (Å²) in [5.74, 6) is -1.39. The van der Waals surface area contributed by atoms with Gasteiger partial charge in [0.1, 0.15) is 10.6 Å². The van der Waals surface area contributed by atoms with E-state index in [1.807, 2.05) is 0 Å². The fourth-order valence-corrected chi connectivity index (χ4v) is 5.40.